The van der Waals surface area contributed by atoms with Gasteiger partial charge in [-0.1, -0.05) is 92.7 Å². The molecule has 0 saturated carbocycles. The molecule has 1 aliphatic carbocycles. The van der Waals surface area contributed by atoms with Crippen molar-refractivity contribution in [3.8, 4) is 11.1 Å². The highest BCUT2D eigenvalue weighted by atomic mass is 16.5. The molecule has 0 heterocycles. The monoisotopic (exact) mass is 558 g/mol. The summed E-state index contributed by atoms with van der Waals surface area (Å²) in [6.07, 6.45) is -1.23. The molecule has 0 bridgehead atoms. The minimum Gasteiger partial charge on any atom is -0.480 e. The molecule has 0 aromatic heterocycles. The summed E-state index contributed by atoms with van der Waals surface area (Å²) in [6, 6.07) is 22.2. The lowest BCUT2D eigenvalue weighted by Gasteiger charge is -2.22. The number of esters is 1. The van der Waals surface area contributed by atoms with Gasteiger partial charge in [-0.15, -0.1) is 0 Å². The Kier molecular flexibility index (Phi) is 9.73. The molecule has 2 amide bonds. The van der Waals surface area contributed by atoms with Crippen molar-refractivity contribution >= 4 is 23.9 Å². The first-order valence-corrected chi connectivity index (χ1v) is 13.6. The van der Waals surface area contributed by atoms with Crippen LogP contribution < -0.4 is 10.6 Å². The van der Waals surface area contributed by atoms with Crippen LogP contribution in [0.15, 0.2) is 78.9 Å². The largest absolute Gasteiger partial charge is 0.480 e. The van der Waals surface area contributed by atoms with Gasteiger partial charge in [0.15, 0.2) is 0 Å². The summed E-state index contributed by atoms with van der Waals surface area (Å²) in [7, 11) is 0. The first kappa shape index (κ1) is 29.3. The Hall–Kier alpha value is -4.66. The fourth-order valence-corrected chi connectivity index (χ4v) is 4.92. The van der Waals surface area contributed by atoms with Gasteiger partial charge >= 0.3 is 18.0 Å². The molecule has 0 fully saturated rings. The molecular formula is C32H34N2O7. The molecule has 3 aromatic rings. The molecule has 3 N–H and O–H groups in total. The zero-order valence-electron chi connectivity index (χ0n) is 23.0. The Morgan fingerprint density at radius 3 is 1.95 bits per heavy atom. The van der Waals surface area contributed by atoms with Gasteiger partial charge in [0.05, 0.1) is 6.42 Å². The van der Waals surface area contributed by atoms with Gasteiger partial charge in [0, 0.05) is 5.92 Å². The number of benzene rings is 3. The Balaban J connectivity index is 1.43. The molecule has 0 spiro atoms. The number of carbonyl (C=O) groups is 4. The number of carboxylic acid groups (broad SMARTS) is 1. The lowest BCUT2D eigenvalue weighted by atomic mass is 9.98. The first-order chi connectivity index (χ1) is 19.7. The molecule has 1 aliphatic rings. The molecule has 1 unspecified atom stereocenters. The molecule has 41 heavy (non-hydrogen) atoms. The number of fused-ring (bicyclic) bond motifs is 3. The highest BCUT2D eigenvalue weighted by Crippen LogP contribution is 2.44. The predicted octanol–water partition coefficient (Wildman–Crippen LogP) is 4.64. The average Bonchev–Trinajstić information content (AvgIpc) is 3.28. The Morgan fingerprint density at radius 2 is 1.37 bits per heavy atom. The van der Waals surface area contributed by atoms with Crippen molar-refractivity contribution in [3.63, 3.8) is 0 Å². The van der Waals surface area contributed by atoms with Crippen molar-refractivity contribution in [3.05, 3.63) is 95.6 Å². The standard InChI is InChI=1S/C32H34N2O7/c1-20(2)16-28(31(37)38)33-30(36)27(17-29(35)40-18-21-10-4-3-5-11-21)34-32(39)41-19-26-24-14-8-6-12-22(24)23-13-7-9-15-25(23)26/h3-15,20,26-28H,16-19H2,1-2H3,(H,33,36)(H,34,39)(H,37,38)/t27-,28?/m0/s1. The third-order valence-corrected chi connectivity index (χ3v) is 6.89. The zero-order chi connectivity index (χ0) is 29.4. The molecule has 4 rings (SSSR count). The maximum atomic E-state index is 13.1. The fourth-order valence-electron chi connectivity index (χ4n) is 4.92. The molecule has 0 aliphatic heterocycles. The second kappa shape index (κ2) is 13.6. The maximum Gasteiger partial charge on any atom is 0.407 e. The number of ether oxygens (including phenoxy) is 2. The van der Waals surface area contributed by atoms with E-state index in [0.717, 1.165) is 27.8 Å². The average molecular weight is 559 g/mol. The van der Waals surface area contributed by atoms with E-state index in [1.165, 1.54) is 0 Å². The smallest absolute Gasteiger partial charge is 0.407 e. The second-order valence-corrected chi connectivity index (χ2v) is 10.4. The third kappa shape index (κ3) is 7.72. The molecule has 0 saturated heterocycles. The summed E-state index contributed by atoms with van der Waals surface area (Å²) < 4.78 is 10.8. The topological polar surface area (TPSA) is 131 Å². The van der Waals surface area contributed by atoms with Crippen molar-refractivity contribution in [1.29, 1.82) is 0 Å². The van der Waals surface area contributed by atoms with E-state index in [-0.39, 0.29) is 31.5 Å². The number of aliphatic carboxylic acids is 1. The number of rotatable bonds is 12. The van der Waals surface area contributed by atoms with Crippen LogP contribution in [-0.4, -0.2) is 47.7 Å². The normalized spacial score (nSPS) is 13.4. The van der Waals surface area contributed by atoms with Gasteiger partial charge in [0.25, 0.3) is 0 Å². The number of hydrogen-bond donors (Lipinski definition) is 3. The number of hydrogen-bond acceptors (Lipinski definition) is 6. The summed E-state index contributed by atoms with van der Waals surface area (Å²) in [4.78, 5) is 50.4. The van der Waals surface area contributed by atoms with Crippen LogP contribution in [0.2, 0.25) is 0 Å². The maximum absolute atomic E-state index is 13.1. The van der Waals surface area contributed by atoms with Gasteiger partial charge in [-0.2, -0.15) is 0 Å². The minimum atomic E-state index is -1.40. The van der Waals surface area contributed by atoms with Crippen molar-refractivity contribution in [2.45, 2.75) is 51.3 Å². The van der Waals surface area contributed by atoms with E-state index >= 15 is 0 Å². The van der Waals surface area contributed by atoms with Crippen LogP contribution in [0.25, 0.3) is 11.1 Å². The van der Waals surface area contributed by atoms with Gasteiger partial charge in [0.1, 0.15) is 25.3 Å². The van der Waals surface area contributed by atoms with Crippen molar-refractivity contribution in [2.75, 3.05) is 6.61 Å². The SMILES string of the molecule is CC(C)CC(NC(=O)[C@H](CC(=O)OCc1ccccc1)NC(=O)OCC1c2ccccc2-c2ccccc21)C(=O)O. The number of amides is 2. The van der Waals surface area contributed by atoms with Crippen molar-refractivity contribution in [2.24, 2.45) is 5.92 Å². The molecule has 3 aromatic carbocycles. The number of alkyl carbamates (subject to hydrolysis) is 1. The number of carbonyl (C=O) groups excluding carboxylic acids is 3. The quantitative estimate of drug-likeness (QED) is 0.276. The van der Waals surface area contributed by atoms with E-state index in [4.69, 9.17) is 9.47 Å². The first-order valence-electron chi connectivity index (χ1n) is 13.6. The van der Waals surface area contributed by atoms with E-state index in [9.17, 15) is 24.3 Å². The minimum absolute atomic E-state index is 0.00986. The Morgan fingerprint density at radius 1 is 0.780 bits per heavy atom. The molecule has 9 nitrogen and oxygen atoms in total. The van der Waals surface area contributed by atoms with E-state index < -0.39 is 42.4 Å². The summed E-state index contributed by atoms with van der Waals surface area (Å²) >= 11 is 0. The van der Waals surface area contributed by atoms with Crippen LogP contribution in [0.3, 0.4) is 0 Å². The number of carboxylic acids is 1. The van der Waals surface area contributed by atoms with Crippen molar-refractivity contribution in [1.82, 2.24) is 10.6 Å². The van der Waals surface area contributed by atoms with Crippen molar-refractivity contribution < 1.29 is 33.8 Å². The van der Waals surface area contributed by atoms with Crippen LogP contribution in [0.5, 0.6) is 0 Å². The van der Waals surface area contributed by atoms with Crippen LogP contribution in [0.1, 0.15) is 49.3 Å². The highest BCUT2D eigenvalue weighted by Gasteiger charge is 2.32. The van der Waals surface area contributed by atoms with Gasteiger partial charge < -0.3 is 25.2 Å². The molecule has 9 heteroatoms. The fraction of sp³-hybridized carbons (Fsp3) is 0.312. The van der Waals surface area contributed by atoms with E-state index in [1.807, 2.05) is 68.4 Å². The van der Waals surface area contributed by atoms with E-state index in [2.05, 4.69) is 10.6 Å². The van der Waals surface area contributed by atoms with Crippen LogP contribution in [0, 0.1) is 5.92 Å². The Bertz CT molecular complexity index is 1340. The van der Waals surface area contributed by atoms with Gasteiger partial charge in [-0.25, -0.2) is 9.59 Å². The molecular weight excluding hydrogens is 524 g/mol. The Labute approximate surface area is 238 Å². The number of nitrogens with one attached hydrogen (secondary N) is 2. The summed E-state index contributed by atoms with van der Waals surface area (Å²) in [6.45, 7) is 3.66. The van der Waals surface area contributed by atoms with E-state index in [1.54, 1.807) is 24.3 Å². The second-order valence-electron chi connectivity index (χ2n) is 10.4. The lowest BCUT2D eigenvalue weighted by Crippen LogP contribution is -2.52. The predicted molar refractivity (Wildman–Crippen MR) is 152 cm³/mol. The van der Waals surface area contributed by atoms with Gasteiger partial charge in [-0.05, 0) is 40.2 Å². The van der Waals surface area contributed by atoms with Crippen LogP contribution >= 0.6 is 0 Å². The highest BCUT2D eigenvalue weighted by molar-refractivity contribution is 5.92. The summed E-state index contributed by atoms with van der Waals surface area (Å²) in [5, 5.41) is 14.5. The zero-order valence-corrected chi connectivity index (χ0v) is 23.0. The third-order valence-electron chi connectivity index (χ3n) is 6.89. The lowest BCUT2D eigenvalue weighted by molar-refractivity contribution is -0.147. The van der Waals surface area contributed by atoms with Gasteiger partial charge in [-0.3, -0.25) is 9.59 Å². The molecule has 0 radical (unpaired) electrons. The van der Waals surface area contributed by atoms with E-state index in [0.29, 0.717) is 0 Å². The molecule has 214 valence electrons. The summed E-state index contributed by atoms with van der Waals surface area (Å²) in [5.41, 5.74) is 4.95. The van der Waals surface area contributed by atoms with Gasteiger partial charge in [0.2, 0.25) is 5.91 Å². The van der Waals surface area contributed by atoms with Crippen LogP contribution in [-0.2, 0) is 30.5 Å². The molecule has 2 atom stereocenters. The van der Waals surface area contributed by atoms with Crippen LogP contribution in [0.4, 0.5) is 4.79 Å². The summed E-state index contributed by atoms with van der Waals surface area (Å²) in [5.74, 6) is -2.97.